The highest BCUT2D eigenvalue weighted by atomic mass is 16.4. The van der Waals surface area contributed by atoms with E-state index in [-0.39, 0.29) is 17.3 Å². The Hall–Kier alpha value is -1.51. The summed E-state index contributed by atoms with van der Waals surface area (Å²) in [5, 5.41) is 20.5. The van der Waals surface area contributed by atoms with Crippen LogP contribution in [-0.2, 0) is 28.5 Å². The van der Waals surface area contributed by atoms with Gasteiger partial charge in [-0.05, 0) is 46.8 Å². The third kappa shape index (κ3) is 13.5. The molecule has 1 aromatic carbocycles. The van der Waals surface area contributed by atoms with Crippen molar-refractivity contribution in [2.24, 2.45) is 0 Å². The minimum Gasteiger partial charge on any atom is -0.507 e. The van der Waals surface area contributed by atoms with Crippen LogP contribution < -0.4 is 0 Å². The van der Waals surface area contributed by atoms with Crippen molar-refractivity contribution in [3.05, 3.63) is 28.3 Å². The Kier molecular flexibility index (Phi) is 16.3. The number of carboxylic acid groups (broad SMARTS) is 1. The first-order valence-electron chi connectivity index (χ1n) is 16.0. The van der Waals surface area contributed by atoms with Gasteiger partial charge in [0.1, 0.15) is 5.75 Å². The summed E-state index contributed by atoms with van der Waals surface area (Å²) >= 11 is 0. The standard InChI is InChI=1S/C35H62O3/c1-8-9-10-11-12-13-14-15-16-17-18-19-20-21-22-23-24-29-30(34(2,3)4)27-28(25-26-31(36)37)33(38)32(29)35(5,6)7/h27,38H,8-26H2,1-7H3,(H,36,37). The number of hydrogen-bond donors (Lipinski definition) is 2. The van der Waals surface area contributed by atoms with E-state index in [9.17, 15) is 15.0 Å². The Labute approximate surface area is 236 Å². The van der Waals surface area contributed by atoms with E-state index in [1.807, 2.05) is 0 Å². The normalized spacial score (nSPS) is 12.3. The van der Waals surface area contributed by atoms with Crippen molar-refractivity contribution in [1.82, 2.24) is 0 Å². The van der Waals surface area contributed by atoms with Gasteiger partial charge in [-0.15, -0.1) is 0 Å². The zero-order valence-electron chi connectivity index (χ0n) is 26.3. The highest BCUT2D eigenvalue weighted by Gasteiger charge is 2.30. The highest BCUT2D eigenvalue weighted by Crippen LogP contribution is 2.42. The Balaban J connectivity index is 2.51. The first-order valence-corrected chi connectivity index (χ1v) is 16.0. The predicted octanol–water partition coefficient (Wildman–Crippen LogP) is 10.8. The van der Waals surface area contributed by atoms with Crippen molar-refractivity contribution < 1.29 is 15.0 Å². The van der Waals surface area contributed by atoms with Crippen LogP contribution >= 0.6 is 0 Å². The van der Waals surface area contributed by atoms with Crippen LogP contribution in [0.5, 0.6) is 5.75 Å². The predicted molar refractivity (Wildman–Crippen MR) is 165 cm³/mol. The number of hydrogen-bond acceptors (Lipinski definition) is 2. The lowest BCUT2D eigenvalue weighted by Gasteiger charge is -2.32. The van der Waals surface area contributed by atoms with Crippen LogP contribution in [0.15, 0.2) is 6.07 Å². The van der Waals surface area contributed by atoms with E-state index in [2.05, 4.69) is 54.5 Å². The van der Waals surface area contributed by atoms with Crippen molar-refractivity contribution in [2.75, 3.05) is 0 Å². The molecule has 0 amide bonds. The zero-order valence-corrected chi connectivity index (χ0v) is 26.3. The van der Waals surface area contributed by atoms with E-state index >= 15 is 0 Å². The molecule has 220 valence electrons. The molecule has 0 atom stereocenters. The molecule has 0 aliphatic rings. The number of rotatable bonds is 20. The van der Waals surface area contributed by atoms with E-state index in [1.54, 1.807) is 0 Å². The van der Waals surface area contributed by atoms with Gasteiger partial charge in [-0.25, -0.2) is 0 Å². The van der Waals surface area contributed by atoms with Crippen LogP contribution in [0.1, 0.15) is 180 Å². The van der Waals surface area contributed by atoms with E-state index in [4.69, 9.17) is 0 Å². The maximum atomic E-state index is 11.3. The molecule has 1 aromatic rings. The topological polar surface area (TPSA) is 57.5 Å². The molecule has 0 spiro atoms. The average Bonchev–Trinajstić information content (AvgIpc) is 2.81. The monoisotopic (exact) mass is 530 g/mol. The number of aromatic hydroxyl groups is 1. The summed E-state index contributed by atoms with van der Waals surface area (Å²) in [6.07, 6.45) is 23.2. The second-order valence-electron chi connectivity index (χ2n) is 13.7. The molecule has 0 saturated carbocycles. The lowest BCUT2D eigenvalue weighted by molar-refractivity contribution is -0.136. The van der Waals surface area contributed by atoms with E-state index < -0.39 is 5.97 Å². The van der Waals surface area contributed by atoms with Gasteiger partial charge in [-0.2, -0.15) is 0 Å². The summed E-state index contributed by atoms with van der Waals surface area (Å²) in [6.45, 7) is 15.4. The van der Waals surface area contributed by atoms with E-state index in [0.29, 0.717) is 12.2 Å². The molecule has 1 rings (SSSR count). The molecule has 0 bridgehead atoms. The summed E-state index contributed by atoms with van der Waals surface area (Å²) in [6, 6.07) is 2.09. The SMILES string of the molecule is CCCCCCCCCCCCCCCCCCc1c(C(C)(C)C)cc(CCC(=O)O)c(O)c1C(C)(C)C. The molecular formula is C35H62O3. The van der Waals surface area contributed by atoms with E-state index in [0.717, 1.165) is 24.0 Å². The molecule has 2 N–H and O–H groups in total. The van der Waals surface area contributed by atoms with Crippen LogP contribution in [0.25, 0.3) is 0 Å². The minimum absolute atomic E-state index is 0.0409. The average molecular weight is 531 g/mol. The third-order valence-electron chi connectivity index (χ3n) is 7.93. The quantitative estimate of drug-likeness (QED) is 0.165. The van der Waals surface area contributed by atoms with Crippen LogP contribution in [0.3, 0.4) is 0 Å². The molecule has 0 radical (unpaired) electrons. The fraction of sp³-hybridized carbons (Fsp3) is 0.800. The van der Waals surface area contributed by atoms with Crippen molar-refractivity contribution in [3.8, 4) is 5.75 Å². The fourth-order valence-electron chi connectivity index (χ4n) is 5.79. The molecule has 0 unspecified atom stereocenters. The molecule has 0 saturated heterocycles. The van der Waals surface area contributed by atoms with Gasteiger partial charge in [0.25, 0.3) is 0 Å². The van der Waals surface area contributed by atoms with Crippen LogP contribution in [0, 0.1) is 0 Å². The Morgan fingerprint density at radius 3 is 1.45 bits per heavy atom. The molecule has 3 heteroatoms. The fourth-order valence-corrected chi connectivity index (χ4v) is 5.79. The number of aryl methyl sites for hydroxylation is 1. The number of benzene rings is 1. The van der Waals surface area contributed by atoms with Crippen LogP contribution in [0.2, 0.25) is 0 Å². The lowest BCUT2D eigenvalue weighted by atomic mass is 9.73. The third-order valence-corrected chi connectivity index (χ3v) is 7.93. The van der Waals surface area contributed by atoms with Crippen LogP contribution in [0.4, 0.5) is 0 Å². The summed E-state index contributed by atoms with van der Waals surface area (Å²) in [5.74, 6) is -0.505. The molecule has 3 nitrogen and oxygen atoms in total. The van der Waals surface area contributed by atoms with E-state index in [1.165, 1.54) is 107 Å². The van der Waals surface area contributed by atoms with Gasteiger partial charge in [0, 0.05) is 12.0 Å². The number of carbonyl (C=O) groups is 1. The second-order valence-corrected chi connectivity index (χ2v) is 13.7. The smallest absolute Gasteiger partial charge is 0.303 e. The minimum atomic E-state index is -0.823. The second kappa shape index (κ2) is 18.0. The van der Waals surface area contributed by atoms with Gasteiger partial charge in [0.15, 0.2) is 0 Å². The van der Waals surface area contributed by atoms with Gasteiger partial charge in [-0.3, -0.25) is 4.79 Å². The number of carboxylic acids is 1. The molecule has 0 aromatic heterocycles. The molecule has 0 fully saturated rings. The van der Waals surface area contributed by atoms with Crippen molar-refractivity contribution >= 4 is 5.97 Å². The Morgan fingerprint density at radius 1 is 0.658 bits per heavy atom. The van der Waals surface area contributed by atoms with Gasteiger partial charge < -0.3 is 10.2 Å². The zero-order chi connectivity index (χ0) is 28.6. The number of phenolic OH excluding ortho intramolecular Hbond substituents is 1. The summed E-state index contributed by atoms with van der Waals surface area (Å²) in [7, 11) is 0. The molecule has 38 heavy (non-hydrogen) atoms. The molecular weight excluding hydrogens is 468 g/mol. The summed E-state index contributed by atoms with van der Waals surface area (Å²) in [4.78, 5) is 11.2. The van der Waals surface area contributed by atoms with Crippen LogP contribution in [-0.4, -0.2) is 16.2 Å². The molecule has 0 heterocycles. The molecule has 0 aliphatic heterocycles. The van der Waals surface area contributed by atoms with Gasteiger partial charge >= 0.3 is 5.97 Å². The maximum Gasteiger partial charge on any atom is 0.303 e. The summed E-state index contributed by atoms with van der Waals surface area (Å²) in [5.41, 5.74) is 4.08. The highest BCUT2D eigenvalue weighted by molar-refractivity contribution is 5.67. The van der Waals surface area contributed by atoms with Crippen molar-refractivity contribution in [3.63, 3.8) is 0 Å². The first kappa shape index (κ1) is 34.5. The van der Waals surface area contributed by atoms with Gasteiger partial charge in [-0.1, -0.05) is 151 Å². The number of unbranched alkanes of at least 4 members (excludes halogenated alkanes) is 15. The maximum absolute atomic E-state index is 11.3. The summed E-state index contributed by atoms with van der Waals surface area (Å²) < 4.78 is 0. The number of phenols is 1. The largest absolute Gasteiger partial charge is 0.507 e. The van der Waals surface area contributed by atoms with Crippen molar-refractivity contribution in [1.29, 1.82) is 0 Å². The Bertz CT molecular complexity index is 795. The van der Waals surface area contributed by atoms with Gasteiger partial charge in [0.05, 0.1) is 0 Å². The lowest BCUT2D eigenvalue weighted by Crippen LogP contribution is -2.22. The van der Waals surface area contributed by atoms with Gasteiger partial charge in [0.2, 0.25) is 0 Å². The van der Waals surface area contributed by atoms with Crippen molar-refractivity contribution in [2.45, 2.75) is 181 Å². The Morgan fingerprint density at radius 2 is 1.08 bits per heavy atom. The number of aliphatic carboxylic acids is 1. The first-order chi connectivity index (χ1) is 17.9. The molecule has 0 aliphatic carbocycles.